The lowest BCUT2D eigenvalue weighted by atomic mass is 10.1. The molecule has 1 unspecified atom stereocenters. The van der Waals surface area contributed by atoms with Gasteiger partial charge in [0.2, 0.25) is 0 Å². The Kier molecular flexibility index (Phi) is 6.60. The molecule has 0 spiro atoms. The minimum Gasteiger partial charge on any atom is -0.377 e. The molecule has 0 amide bonds. The molecule has 32 heavy (non-hydrogen) atoms. The molecule has 1 heterocycles. The highest BCUT2D eigenvalue weighted by molar-refractivity contribution is 5.98. The van der Waals surface area contributed by atoms with Gasteiger partial charge in [-0.3, -0.25) is 0 Å². The number of hydrogen-bond donors (Lipinski definition) is 2. The van der Waals surface area contributed by atoms with E-state index in [0.29, 0.717) is 0 Å². The van der Waals surface area contributed by atoms with Gasteiger partial charge >= 0.3 is 0 Å². The normalized spacial score (nSPS) is 16.2. The first-order chi connectivity index (χ1) is 15.5. The Morgan fingerprint density at radius 3 is 1.94 bits per heavy atom. The van der Waals surface area contributed by atoms with Crippen molar-refractivity contribution in [1.29, 1.82) is 0 Å². The molecule has 0 fully saturated rings. The van der Waals surface area contributed by atoms with Gasteiger partial charge in [0.05, 0.1) is 5.70 Å². The Hall–Kier alpha value is -3.53. The minimum atomic E-state index is -0.102. The van der Waals surface area contributed by atoms with Crippen LogP contribution in [0.1, 0.15) is 43.6 Å². The molecular weight excluding hydrogens is 392 g/mol. The number of nitrogens with zero attached hydrogens (tertiary/aromatic N) is 2. The molecule has 0 aliphatic carbocycles. The third-order valence-corrected chi connectivity index (χ3v) is 5.24. The van der Waals surface area contributed by atoms with Gasteiger partial charge in [-0.1, -0.05) is 91.0 Å². The summed E-state index contributed by atoms with van der Waals surface area (Å²) in [6.07, 6.45) is 2.12. The highest BCUT2D eigenvalue weighted by Crippen LogP contribution is 2.29. The second-order valence-electron chi connectivity index (χ2n) is 9.18. The molecule has 1 aliphatic rings. The van der Waals surface area contributed by atoms with Crippen LogP contribution in [0.5, 0.6) is 0 Å². The second kappa shape index (κ2) is 9.73. The fourth-order valence-electron chi connectivity index (χ4n) is 3.76. The van der Waals surface area contributed by atoms with E-state index in [2.05, 4.69) is 127 Å². The lowest BCUT2D eigenvalue weighted by molar-refractivity contribution is 0.270. The van der Waals surface area contributed by atoms with Crippen molar-refractivity contribution in [3.05, 3.63) is 120 Å². The SMILES string of the molecule is CC(C)(C)NC1=NC(c2ccccc2)N(Cc2ccccc2)C=C1NCc1ccccc1. The van der Waals surface area contributed by atoms with Crippen molar-refractivity contribution in [3.63, 3.8) is 0 Å². The van der Waals surface area contributed by atoms with Crippen molar-refractivity contribution in [2.75, 3.05) is 0 Å². The van der Waals surface area contributed by atoms with Crippen LogP contribution >= 0.6 is 0 Å². The summed E-state index contributed by atoms with van der Waals surface area (Å²) in [6, 6.07) is 31.5. The first kappa shape index (κ1) is 21.7. The van der Waals surface area contributed by atoms with Crippen molar-refractivity contribution in [1.82, 2.24) is 15.5 Å². The fourth-order valence-corrected chi connectivity index (χ4v) is 3.76. The van der Waals surface area contributed by atoms with Gasteiger partial charge in [-0.05, 0) is 37.5 Å². The van der Waals surface area contributed by atoms with Crippen LogP contribution in [0.4, 0.5) is 0 Å². The van der Waals surface area contributed by atoms with E-state index in [1.807, 2.05) is 6.07 Å². The van der Waals surface area contributed by atoms with Gasteiger partial charge in [-0.2, -0.15) is 0 Å². The van der Waals surface area contributed by atoms with Crippen molar-refractivity contribution in [2.45, 2.75) is 45.6 Å². The zero-order valence-electron chi connectivity index (χ0n) is 19.1. The van der Waals surface area contributed by atoms with Crippen LogP contribution in [0.25, 0.3) is 0 Å². The summed E-state index contributed by atoms with van der Waals surface area (Å²) >= 11 is 0. The molecule has 4 nitrogen and oxygen atoms in total. The number of nitrogens with one attached hydrogen (secondary N) is 2. The van der Waals surface area contributed by atoms with E-state index in [-0.39, 0.29) is 11.7 Å². The van der Waals surface area contributed by atoms with E-state index in [1.54, 1.807) is 0 Å². The van der Waals surface area contributed by atoms with Crippen molar-refractivity contribution in [3.8, 4) is 0 Å². The lowest BCUT2D eigenvalue weighted by Crippen LogP contribution is -2.46. The van der Waals surface area contributed by atoms with E-state index >= 15 is 0 Å². The maximum Gasteiger partial charge on any atom is 0.149 e. The van der Waals surface area contributed by atoms with Crippen molar-refractivity contribution < 1.29 is 0 Å². The molecule has 4 heteroatoms. The molecule has 0 aromatic heterocycles. The lowest BCUT2D eigenvalue weighted by Gasteiger charge is -2.36. The largest absolute Gasteiger partial charge is 0.377 e. The van der Waals surface area contributed by atoms with Crippen molar-refractivity contribution >= 4 is 5.84 Å². The summed E-state index contributed by atoms with van der Waals surface area (Å²) in [5, 5.41) is 7.25. The molecule has 2 N–H and O–H groups in total. The van der Waals surface area contributed by atoms with E-state index in [1.165, 1.54) is 16.7 Å². The first-order valence-electron chi connectivity index (χ1n) is 11.2. The fraction of sp³-hybridized carbons (Fsp3) is 0.250. The van der Waals surface area contributed by atoms with E-state index < -0.39 is 0 Å². The van der Waals surface area contributed by atoms with Crippen LogP contribution in [-0.2, 0) is 13.1 Å². The summed E-state index contributed by atoms with van der Waals surface area (Å²) < 4.78 is 0. The smallest absolute Gasteiger partial charge is 0.149 e. The molecule has 0 radical (unpaired) electrons. The number of aliphatic imine (C=N–C) groups is 1. The van der Waals surface area contributed by atoms with Crippen LogP contribution in [0.15, 0.2) is 108 Å². The van der Waals surface area contributed by atoms with Crippen molar-refractivity contribution in [2.24, 2.45) is 4.99 Å². The zero-order chi connectivity index (χ0) is 22.4. The summed E-state index contributed by atoms with van der Waals surface area (Å²) in [4.78, 5) is 7.52. The van der Waals surface area contributed by atoms with Crippen LogP contribution in [0, 0.1) is 0 Å². The Morgan fingerprint density at radius 1 is 0.781 bits per heavy atom. The van der Waals surface area contributed by atoms with Gasteiger partial charge < -0.3 is 15.5 Å². The monoisotopic (exact) mass is 424 g/mol. The average Bonchev–Trinajstić information content (AvgIpc) is 2.80. The quantitative estimate of drug-likeness (QED) is 0.540. The van der Waals surface area contributed by atoms with Crippen LogP contribution in [0.2, 0.25) is 0 Å². The van der Waals surface area contributed by atoms with E-state index in [4.69, 9.17) is 4.99 Å². The molecule has 0 saturated carbocycles. The number of hydrogen-bond acceptors (Lipinski definition) is 4. The number of amidine groups is 1. The Labute approximate surface area is 191 Å². The van der Waals surface area contributed by atoms with E-state index in [9.17, 15) is 0 Å². The van der Waals surface area contributed by atoms with Gasteiger partial charge in [-0.15, -0.1) is 0 Å². The van der Waals surface area contributed by atoms with Gasteiger partial charge in [0, 0.05) is 24.8 Å². The third kappa shape index (κ3) is 5.79. The zero-order valence-corrected chi connectivity index (χ0v) is 19.1. The highest BCUT2D eigenvalue weighted by atomic mass is 15.3. The molecule has 4 rings (SSSR count). The molecular formula is C28H32N4. The van der Waals surface area contributed by atoms with Crippen LogP contribution < -0.4 is 10.6 Å². The van der Waals surface area contributed by atoms with Crippen LogP contribution in [0.3, 0.4) is 0 Å². The maximum atomic E-state index is 5.21. The van der Waals surface area contributed by atoms with Crippen LogP contribution in [-0.4, -0.2) is 16.3 Å². The van der Waals surface area contributed by atoms with Gasteiger partial charge in [-0.25, -0.2) is 4.99 Å². The number of benzene rings is 3. The third-order valence-electron chi connectivity index (χ3n) is 5.24. The molecule has 164 valence electrons. The predicted octanol–water partition coefficient (Wildman–Crippen LogP) is 5.62. The molecule has 0 saturated heterocycles. The second-order valence-corrected chi connectivity index (χ2v) is 9.18. The average molecular weight is 425 g/mol. The highest BCUT2D eigenvalue weighted by Gasteiger charge is 2.27. The van der Waals surface area contributed by atoms with Gasteiger partial charge in [0.25, 0.3) is 0 Å². The Morgan fingerprint density at radius 2 is 1.34 bits per heavy atom. The topological polar surface area (TPSA) is 39.7 Å². The molecule has 1 atom stereocenters. The van der Waals surface area contributed by atoms with Gasteiger partial charge in [0.15, 0.2) is 0 Å². The first-order valence-corrected chi connectivity index (χ1v) is 11.2. The summed E-state index contributed by atoms with van der Waals surface area (Å²) in [6.45, 7) is 8.02. The summed E-state index contributed by atoms with van der Waals surface area (Å²) in [7, 11) is 0. The minimum absolute atomic E-state index is 0.0940. The van der Waals surface area contributed by atoms with Gasteiger partial charge in [0.1, 0.15) is 12.0 Å². The molecule has 1 aliphatic heterocycles. The summed E-state index contributed by atoms with van der Waals surface area (Å²) in [5.74, 6) is 0.895. The maximum absolute atomic E-state index is 5.21. The molecule has 3 aromatic rings. The standard InChI is InChI=1S/C28H32N4/c1-28(2,3)31-26-25(29-19-22-13-7-4-8-14-22)21-32(20-23-15-9-5-10-16-23)27(30-26)24-17-11-6-12-18-24/h4-18,21,27,29H,19-20H2,1-3H3,(H,30,31). The Balaban J connectivity index is 1.68. The number of rotatable bonds is 6. The molecule has 0 bridgehead atoms. The molecule has 3 aromatic carbocycles. The predicted molar refractivity (Wildman–Crippen MR) is 133 cm³/mol. The van der Waals surface area contributed by atoms with E-state index in [0.717, 1.165) is 24.6 Å². The Bertz CT molecular complexity index is 1050. The summed E-state index contributed by atoms with van der Waals surface area (Å²) in [5.41, 5.74) is 4.58.